The van der Waals surface area contributed by atoms with Crippen LogP contribution in [0.4, 0.5) is 5.69 Å². The third-order valence-electron chi connectivity index (χ3n) is 3.11. The summed E-state index contributed by atoms with van der Waals surface area (Å²) >= 11 is 6.05. The standard InChI is InChI=1S/C16H16ClNO2/c1-18(10-12-4-3-5-15(8-12)20-2)14-7-6-13(11-19)16(17)9-14/h3-9,11H,10H2,1-2H3. The van der Waals surface area contributed by atoms with Gasteiger partial charge in [0.25, 0.3) is 0 Å². The average Bonchev–Trinajstić information content (AvgIpc) is 2.47. The van der Waals surface area contributed by atoms with Crippen LogP contribution >= 0.6 is 11.6 Å². The number of nitrogens with zero attached hydrogens (tertiary/aromatic N) is 1. The van der Waals surface area contributed by atoms with Crippen LogP contribution in [0, 0.1) is 0 Å². The van der Waals surface area contributed by atoms with Crippen molar-refractivity contribution in [1.29, 1.82) is 0 Å². The number of carbonyl (C=O) groups excluding carboxylic acids is 1. The summed E-state index contributed by atoms with van der Waals surface area (Å²) in [5, 5.41) is 0.468. The molecule has 0 N–H and O–H groups in total. The van der Waals surface area contributed by atoms with Gasteiger partial charge in [-0.1, -0.05) is 23.7 Å². The van der Waals surface area contributed by atoms with E-state index < -0.39 is 0 Å². The van der Waals surface area contributed by atoms with Crippen LogP contribution in [0.15, 0.2) is 42.5 Å². The molecule has 20 heavy (non-hydrogen) atoms. The van der Waals surface area contributed by atoms with Gasteiger partial charge in [0.1, 0.15) is 5.75 Å². The summed E-state index contributed by atoms with van der Waals surface area (Å²) in [7, 11) is 3.63. The van der Waals surface area contributed by atoms with E-state index >= 15 is 0 Å². The lowest BCUT2D eigenvalue weighted by Crippen LogP contribution is -2.16. The molecule has 2 rings (SSSR count). The van der Waals surface area contributed by atoms with Crippen molar-refractivity contribution in [3.63, 3.8) is 0 Å². The first-order chi connectivity index (χ1) is 9.63. The van der Waals surface area contributed by atoms with E-state index in [9.17, 15) is 4.79 Å². The van der Waals surface area contributed by atoms with Gasteiger partial charge in [-0.15, -0.1) is 0 Å². The van der Waals surface area contributed by atoms with Crippen molar-refractivity contribution in [2.75, 3.05) is 19.1 Å². The van der Waals surface area contributed by atoms with E-state index in [0.29, 0.717) is 10.6 Å². The molecule has 0 aromatic heterocycles. The second-order valence-electron chi connectivity index (χ2n) is 4.53. The molecule has 104 valence electrons. The Morgan fingerprint density at radius 2 is 2.05 bits per heavy atom. The Kier molecular flexibility index (Phi) is 4.64. The predicted molar refractivity (Wildman–Crippen MR) is 81.9 cm³/mol. The first kappa shape index (κ1) is 14.4. The normalized spacial score (nSPS) is 10.2. The number of methoxy groups -OCH3 is 1. The fraction of sp³-hybridized carbons (Fsp3) is 0.188. The number of rotatable bonds is 5. The molecule has 0 amide bonds. The molecule has 0 saturated carbocycles. The number of benzene rings is 2. The molecular formula is C16H16ClNO2. The Balaban J connectivity index is 2.16. The molecule has 2 aromatic rings. The van der Waals surface area contributed by atoms with Crippen LogP contribution in [0.1, 0.15) is 15.9 Å². The second-order valence-corrected chi connectivity index (χ2v) is 4.94. The highest BCUT2D eigenvalue weighted by molar-refractivity contribution is 6.33. The van der Waals surface area contributed by atoms with E-state index in [1.54, 1.807) is 19.2 Å². The first-order valence-corrected chi connectivity index (χ1v) is 6.60. The second kappa shape index (κ2) is 6.44. The van der Waals surface area contributed by atoms with Gasteiger partial charge in [0.15, 0.2) is 6.29 Å². The van der Waals surface area contributed by atoms with Crippen LogP contribution in [-0.4, -0.2) is 20.4 Å². The Morgan fingerprint density at radius 1 is 1.25 bits per heavy atom. The summed E-state index contributed by atoms with van der Waals surface area (Å²) in [6.45, 7) is 0.730. The number of aldehydes is 1. The summed E-state index contributed by atoms with van der Waals surface area (Å²) in [5.74, 6) is 0.838. The van der Waals surface area contributed by atoms with E-state index in [0.717, 1.165) is 29.8 Å². The van der Waals surface area contributed by atoms with Crippen molar-refractivity contribution < 1.29 is 9.53 Å². The maximum Gasteiger partial charge on any atom is 0.151 e. The summed E-state index contributed by atoms with van der Waals surface area (Å²) in [4.78, 5) is 12.8. The number of hydrogen-bond acceptors (Lipinski definition) is 3. The molecule has 0 aliphatic heterocycles. The molecule has 0 atom stereocenters. The van der Waals surface area contributed by atoms with Gasteiger partial charge in [-0.2, -0.15) is 0 Å². The quantitative estimate of drug-likeness (QED) is 0.784. The van der Waals surface area contributed by atoms with Gasteiger partial charge >= 0.3 is 0 Å². The summed E-state index contributed by atoms with van der Waals surface area (Å²) in [6.07, 6.45) is 0.758. The maximum atomic E-state index is 10.8. The van der Waals surface area contributed by atoms with Crippen molar-refractivity contribution in [2.45, 2.75) is 6.54 Å². The smallest absolute Gasteiger partial charge is 0.151 e. The lowest BCUT2D eigenvalue weighted by atomic mass is 10.1. The molecule has 0 aliphatic carbocycles. The van der Waals surface area contributed by atoms with Crippen LogP contribution in [0.5, 0.6) is 5.75 Å². The fourth-order valence-electron chi connectivity index (χ4n) is 1.99. The minimum atomic E-state index is 0.468. The molecule has 0 fully saturated rings. The van der Waals surface area contributed by atoms with E-state index in [1.807, 2.05) is 37.4 Å². The molecule has 0 spiro atoms. The van der Waals surface area contributed by atoms with Crippen molar-refractivity contribution in [2.24, 2.45) is 0 Å². The molecule has 0 radical (unpaired) electrons. The van der Waals surface area contributed by atoms with Crippen LogP contribution in [0.3, 0.4) is 0 Å². The molecule has 2 aromatic carbocycles. The highest BCUT2D eigenvalue weighted by atomic mass is 35.5. The van der Waals surface area contributed by atoms with Crippen molar-refractivity contribution in [3.8, 4) is 5.75 Å². The largest absolute Gasteiger partial charge is 0.497 e. The Bertz CT molecular complexity index is 613. The van der Waals surface area contributed by atoms with E-state index in [-0.39, 0.29) is 0 Å². The number of hydrogen-bond donors (Lipinski definition) is 0. The van der Waals surface area contributed by atoms with Crippen molar-refractivity contribution >= 4 is 23.6 Å². The predicted octanol–water partition coefficient (Wildman–Crippen LogP) is 3.80. The first-order valence-electron chi connectivity index (χ1n) is 6.23. The monoisotopic (exact) mass is 289 g/mol. The van der Waals surface area contributed by atoms with Crippen molar-refractivity contribution in [1.82, 2.24) is 0 Å². The van der Waals surface area contributed by atoms with Crippen molar-refractivity contribution in [3.05, 3.63) is 58.6 Å². The molecule has 0 unspecified atom stereocenters. The number of ether oxygens (including phenoxy) is 1. The van der Waals surface area contributed by atoms with Crippen LogP contribution < -0.4 is 9.64 Å². The molecule has 0 heterocycles. The van der Waals surface area contributed by atoms with Crippen LogP contribution in [0.25, 0.3) is 0 Å². The molecule has 4 heteroatoms. The highest BCUT2D eigenvalue weighted by Gasteiger charge is 2.06. The number of carbonyl (C=O) groups is 1. The van der Waals surface area contributed by atoms with Crippen LogP contribution in [-0.2, 0) is 6.54 Å². The van der Waals surface area contributed by atoms with Gasteiger partial charge in [0.05, 0.1) is 12.1 Å². The number of anilines is 1. The topological polar surface area (TPSA) is 29.5 Å². The Hall–Kier alpha value is -2.00. The molecule has 0 aliphatic rings. The van der Waals surface area contributed by atoms with Gasteiger partial charge < -0.3 is 9.64 Å². The zero-order chi connectivity index (χ0) is 14.5. The third-order valence-corrected chi connectivity index (χ3v) is 3.43. The lowest BCUT2D eigenvalue weighted by Gasteiger charge is -2.20. The lowest BCUT2D eigenvalue weighted by molar-refractivity contribution is 0.112. The fourth-order valence-corrected chi connectivity index (χ4v) is 2.20. The average molecular weight is 290 g/mol. The summed E-state index contributed by atoms with van der Waals surface area (Å²) in [6, 6.07) is 13.3. The molecule has 0 saturated heterocycles. The van der Waals surface area contributed by atoms with Gasteiger partial charge in [-0.3, -0.25) is 4.79 Å². The Morgan fingerprint density at radius 3 is 2.70 bits per heavy atom. The van der Waals surface area contributed by atoms with Crippen LogP contribution in [0.2, 0.25) is 5.02 Å². The minimum Gasteiger partial charge on any atom is -0.497 e. The zero-order valence-electron chi connectivity index (χ0n) is 11.5. The zero-order valence-corrected chi connectivity index (χ0v) is 12.2. The van der Waals surface area contributed by atoms with Gasteiger partial charge in [0.2, 0.25) is 0 Å². The van der Waals surface area contributed by atoms with Gasteiger partial charge in [-0.25, -0.2) is 0 Å². The van der Waals surface area contributed by atoms with Gasteiger partial charge in [-0.05, 0) is 35.9 Å². The maximum absolute atomic E-state index is 10.8. The molecule has 0 bridgehead atoms. The Labute approximate surface area is 123 Å². The highest BCUT2D eigenvalue weighted by Crippen LogP contribution is 2.23. The summed E-state index contributed by atoms with van der Waals surface area (Å²) in [5.41, 5.74) is 2.61. The summed E-state index contributed by atoms with van der Waals surface area (Å²) < 4.78 is 5.21. The van der Waals surface area contributed by atoms with E-state index in [1.165, 1.54) is 0 Å². The molecular weight excluding hydrogens is 274 g/mol. The minimum absolute atomic E-state index is 0.468. The SMILES string of the molecule is COc1cccc(CN(C)c2ccc(C=O)c(Cl)c2)c1. The van der Waals surface area contributed by atoms with Gasteiger partial charge in [0, 0.05) is 24.8 Å². The van der Waals surface area contributed by atoms with E-state index in [2.05, 4.69) is 4.90 Å². The number of halogens is 1. The third kappa shape index (κ3) is 3.31. The molecule has 3 nitrogen and oxygen atoms in total. The van der Waals surface area contributed by atoms with E-state index in [4.69, 9.17) is 16.3 Å².